The zero-order valence-corrected chi connectivity index (χ0v) is 11.5. The number of furan rings is 1. The van der Waals surface area contributed by atoms with Crippen LogP contribution in [0.2, 0.25) is 0 Å². The van der Waals surface area contributed by atoms with Crippen LogP contribution in [-0.2, 0) is 0 Å². The van der Waals surface area contributed by atoms with E-state index in [2.05, 4.69) is 15.9 Å². The average Bonchev–Trinajstić information content (AvgIpc) is 2.86. The SMILES string of the molecule is NC(c1ccc(Br)o1)c1ccc(F)c2ccccc12. The number of nitrogens with two attached hydrogens (primary N) is 1. The lowest BCUT2D eigenvalue weighted by molar-refractivity contribution is 0.471. The Morgan fingerprint density at radius 1 is 1.00 bits per heavy atom. The molecule has 0 aliphatic heterocycles. The average molecular weight is 320 g/mol. The molecule has 1 atom stereocenters. The molecule has 96 valence electrons. The minimum Gasteiger partial charge on any atom is -0.452 e. The molecule has 2 N–H and O–H groups in total. The molecule has 19 heavy (non-hydrogen) atoms. The monoisotopic (exact) mass is 319 g/mol. The van der Waals surface area contributed by atoms with Crippen LogP contribution in [-0.4, -0.2) is 0 Å². The van der Waals surface area contributed by atoms with Gasteiger partial charge in [0.05, 0.1) is 6.04 Å². The Labute approximate surface area is 118 Å². The molecule has 0 aliphatic carbocycles. The Balaban J connectivity index is 2.18. The molecule has 0 saturated heterocycles. The van der Waals surface area contributed by atoms with Gasteiger partial charge in [-0.3, -0.25) is 0 Å². The van der Waals surface area contributed by atoms with Crippen LogP contribution in [0.3, 0.4) is 0 Å². The maximum absolute atomic E-state index is 13.8. The Morgan fingerprint density at radius 2 is 1.74 bits per heavy atom. The predicted molar refractivity (Wildman–Crippen MR) is 76.3 cm³/mol. The zero-order valence-electron chi connectivity index (χ0n) is 9.94. The summed E-state index contributed by atoms with van der Waals surface area (Å²) in [5, 5.41) is 1.38. The van der Waals surface area contributed by atoms with E-state index < -0.39 is 6.04 Å². The lowest BCUT2D eigenvalue weighted by Gasteiger charge is -2.13. The molecule has 0 aliphatic rings. The molecule has 1 unspecified atom stereocenters. The lowest BCUT2D eigenvalue weighted by Crippen LogP contribution is -2.11. The fraction of sp³-hybridized carbons (Fsp3) is 0.0667. The van der Waals surface area contributed by atoms with Crippen LogP contribution in [0.1, 0.15) is 17.4 Å². The first kappa shape index (κ1) is 12.4. The molecule has 3 rings (SSSR count). The van der Waals surface area contributed by atoms with Crippen molar-refractivity contribution >= 4 is 26.7 Å². The zero-order chi connectivity index (χ0) is 13.4. The first-order valence-electron chi connectivity index (χ1n) is 5.85. The van der Waals surface area contributed by atoms with Crippen molar-refractivity contribution in [2.24, 2.45) is 5.73 Å². The highest BCUT2D eigenvalue weighted by Crippen LogP contribution is 2.30. The van der Waals surface area contributed by atoms with Crippen molar-refractivity contribution in [1.29, 1.82) is 0 Å². The van der Waals surface area contributed by atoms with Crippen molar-refractivity contribution in [3.05, 3.63) is 70.3 Å². The van der Waals surface area contributed by atoms with Gasteiger partial charge in [-0.25, -0.2) is 4.39 Å². The third kappa shape index (κ3) is 2.17. The highest BCUT2D eigenvalue weighted by molar-refractivity contribution is 9.10. The van der Waals surface area contributed by atoms with E-state index in [4.69, 9.17) is 10.2 Å². The smallest absolute Gasteiger partial charge is 0.169 e. The first-order valence-corrected chi connectivity index (χ1v) is 6.64. The Kier molecular flexibility index (Phi) is 3.12. The minimum absolute atomic E-state index is 0.243. The Hall–Kier alpha value is -1.65. The van der Waals surface area contributed by atoms with Crippen molar-refractivity contribution in [3.63, 3.8) is 0 Å². The van der Waals surface area contributed by atoms with Crippen molar-refractivity contribution in [2.45, 2.75) is 6.04 Å². The Morgan fingerprint density at radius 3 is 2.42 bits per heavy atom. The van der Waals surface area contributed by atoms with E-state index in [1.165, 1.54) is 6.07 Å². The molecule has 0 radical (unpaired) electrons. The summed E-state index contributed by atoms with van der Waals surface area (Å²) in [6.45, 7) is 0. The van der Waals surface area contributed by atoms with Crippen LogP contribution in [0.25, 0.3) is 10.8 Å². The van der Waals surface area contributed by atoms with Gasteiger partial charge in [0.2, 0.25) is 0 Å². The van der Waals surface area contributed by atoms with Crippen LogP contribution in [0.4, 0.5) is 4.39 Å². The lowest BCUT2D eigenvalue weighted by atomic mass is 9.97. The summed E-state index contributed by atoms with van der Waals surface area (Å²) in [5.74, 6) is 0.399. The van der Waals surface area contributed by atoms with Crippen LogP contribution < -0.4 is 5.73 Å². The van der Waals surface area contributed by atoms with Gasteiger partial charge in [-0.2, -0.15) is 0 Å². The van der Waals surface area contributed by atoms with E-state index in [-0.39, 0.29) is 5.82 Å². The molecule has 0 spiro atoms. The van der Waals surface area contributed by atoms with Crippen LogP contribution in [0.5, 0.6) is 0 Å². The third-order valence-corrected chi connectivity index (χ3v) is 3.57. The summed E-state index contributed by atoms with van der Waals surface area (Å²) < 4.78 is 19.9. The number of rotatable bonds is 2. The van der Waals surface area contributed by atoms with E-state index in [0.717, 1.165) is 10.9 Å². The summed E-state index contributed by atoms with van der Waals surface area (Å²) in [5.41, 5.74) is 7.05. The third-order valence-electron chi connectivity index (χ3n) is 3.14. The largest absolute Gasteiger partial charge is 0.452 e. The van der Waals surface area contributed by atoms with Crippen molar-refractivity contribution in [1.82, 2.24) is 0 Å². The van der Waals surface area contributed by atoms with Gasteiger partial charge in [0.15, 0.2) is 4.67 Å². The molecule has 1 aromatic heterocycles. The van der Waals surface area contributed by atoms with Crippen LogP contribution in [0, 0.1) is 5.82 Å². The quantitative estimate of drug-likeness (QED) is 0.761. The standard InChI is InChI=1S/C15H11BrFNO/c16-14-8-7-13(19-14)15(18)11-5-6-12(17)10-4-2-1-3-9(10)11/h1-8,15H,18H2. The number of halogens is 2. The summed E-state index contributed by atoms with van der Waals surface area (Å²) in [6.07, 6.45) is 0. The number of hydrogen-bond donors (Lipinski definition) is 1. The summed E-state index contributed by atoms with van der Waals surface area (Å²) in [6, 6.07) is 13.6. The summed E-state index contributed by atoms with van der Waals surface area (Å²) in [4.78, 5) is 0. The molecule has 0 fully saturated rings. The second-order valence-corrected chi connectivity index (χ2v) is 5.08. The maximum atomic E-state index is 13.8. The number of benzene rings is 2. The molecule has 1 heterocycles. The van der Waals surface area contributed by atoms with Gasteiger partial charge in [-0.1, -0.05) is 30.3 Å². The molecular formula is C15H11BrFNO. The van der Waals surface area contributed by atoms with Gasteiger partial charge < -0.3 is 10.2 Å². The molecule has 0 saturated carbocycles. The summed E-state index contributed by atoms with van der Waals surface area (Å²) in [7, 11) is 0. The van der Waals surface area contributed by atoms with Crippen molar-refractivity contribution in [2.75, 3.05) is 0 Å². The number of fused-ring (bicyclic) bond motifs is 1. The minimum atomic E-state index is -0.420. The second-order valence-electron chi connectivity index (χ2n) is 4.30. The van der Waals surface area contributed by atoms with E-state index >= 15 is 0 Å². The van der Waals surface area contributed by atoms with E-state index in [1.807, 2.05) is 24.3 Å². The number of hydrogen-bond acceptors (Lipinski definition) is 2. The Bertz CT molecular complexity index is 738. The van der Waals surface area contributed by atoms with Gasteiger partial charge >= 0.3 is 0 Å². The first-order chi connectivity index (χ1) is 9.16. The predicted octanol–water partition coefficient (Wildman–Crippen LogP) is 4.38. The van der Waals surface area contributed by atoms with Gasteiger partial charge in [0.25, 0.3) is 0 Å². The molecule has 0 amide bonds. The molecule has 0 bridgehead atoms. The topological polar surface area (TPSA) is 39.2 Å². The highest BCUT2D eigenvalue weighted by atomic mass is 79.9. The van der Waals surface area contributed by atoms with E-state index in [1.54, 1.807) is 18.2 Å². The fourth-order valence-corrected chi connectivity index (χ4v) is 2.52. The molecule has 4 heteroatoms. The summed E-state index contributed by atoms with van der Waals surface area (Å²) >= 11 is 3.25. The normalized spacial score (nSPS) is 12.8. The second kappa shape index (κ2) is 4.79. The molecule has 2 nitrogen and oxygen atoms in total. The van der Waals surface area contributed by atoms with Gasteiger partial charge in [-0.05, 0) is 45.1 Å². The van der Waals surface area contributed by atoms with Gasteiger partial charge in [0, 0.05) is 5.39 Å². The van der Waals surface area contributed by atoms with Crippen molar-refractivity contribution in [3.8, 4) is 0 Å². The molecule has 3 aromatic rings. The van der Waals surface area contributed by atoms with Crippen molar-refractivity contribution < 1.29 is 8.81 Å². The molecule has 2 aromatic carbocycles. The van der Waals surface area contributed by atoms with Gasteiger partial charge in [0.1, 0.15) is 11.6 Å². The highest BCUT2D eigenvalue weighted by Gasteiger charge is 2.16. The van der Waals surface area contributed by atoms with Gasteiger partial charge in [-0.15, -0.1) is 0 Å². The fourth-order valence-electron chi connectivity index (χ4n) is 2.21. The van der Waals surface area contributed by atoms with E-state index in [9.17, 15) is 4.39 Å². The molecular weight excluding hydrogens is 309 g/mol. The van der Waals surface area contributed by atoms with Crippen LogP contribution >= 0.6 is 15.9 Å². The maximum Gasteiger partial charge on any atom is 0.169 e. The van der Waals surface area contributed by atoms with Crippen LogP contribution in [0.15, 0.2) is 57.6 Å². The van der Waals surface area contributed by atoms with E-state index in [0.29, 0.717) is 15.8 Å².